The maximum absolute atomic E-state index is 11.7. The van der Waals surface area contributed by atoms with E-state index in [4.69, 9.17) is 4.74 Å². The second-order valence-electron chi connectivity index (χ2n) is 6.39. The van der Waals surface area contributed by atoms with Crippen LogP contribution in [0.1, 0.15) is 31.4 Å². The number of ether oxygens (including phenoxy) is 1. The van der Waals surface area contributed by atoms with Crippen LogP contribution in [0, 0.1) is 5.92 Å². The second kappa shape index (κ2) is 9.46. The summed E-state index contributed by atoms with van der Waals surface area (Å²) in [7, 11) is 0. The molecule has 6 nitrogen and oxygen atoms in total. The van der Waals surface area contributed by atoms with Gasteiger partial charge in [-0.1, -0.05) is 19.9 Å². The van der Waals surface area contributed by atoms with E-state index < -0.39 is 24.5 Å². The lowest BCUT2D eigenvalue weighted by Gasteiger charge is -2.09. The zero-order valence-electron chi connectivity index (χ0n) is 14.6. The molecule has 0 heterocycles. The van der Waals surface area contributed by atoms with Gasteiger partial charge in [0.15, 0.2) is 6.61 Å². The fraction of sp³-hybridized carbons (Fsp3) is 0.500. The van der Waals surface area contributed by atoms with E-state index in [0.717, 1.165) is 17.7 Å². The van der Waals surface area contributed by atoms with Crippen molar-refractivity contribution in [3.05, 3.63) is 29.3 Å². The van der Waals surface area contributed by atoms with Crippen LogP contribution in [0.5, 0.6) is 0 Å². The van der Waals surface area contributed by atoms with Crippen LogP contribution in [0.3, 0.4) is 0 Å². The molecule has 0 saturated heterocycles. The van der Waals surface area contributed by atoms with Gasteiger partial charge in [0.05, 0.1) is 5.75 Å². The standard InChI is InChI=1S/C18H24N2O4S/c1-12(2)9-19-18(23)20-16(21)10-24-17(22)11-25-15-7-6-13-4-3-5-14(13)8-15/h6-8,12H,3-5,9-11H2,1-2H3,(H2,19,20,21,23). The normalized spacial score (nSPS) is 12.6. The Hall–Kier alpha value is -2.02. The van der Waals surface area contributed by atoms with Gasteiger partial charge >= 0.3 is 12.0 Å². The van der Waals surface area contributed by atoms with E-state index in [9.17, 15) is 14.4 Å². The van der Waals surface area contributed by atoms with Crippen LogP contribution >= 0.6 is 11.8 Å². The fourth-order valence-electron chi connectivity index (χ4n) is 2.47. The molecule has 1 aromatic carbocycles. The van der Waals surface area contributed by atoms with Gasteiger partial charge in [0.1, 0.15) is 0 Å². The molecular formula is C18H24N2O4S. The fourth-order valence-corrected chi connectivity index (χ4v) is 3.23. The Morgan fingerprint density at radius 2 is 1.96 bits per heavy atom. The van der Waals surface area contributed by atoms with Gasteiger partial charge in [0.2, 0.25) is 0 Å². The van der Waals surface area contributed by atoms with Crippen molar-refractivity contribution in [3.63, 3.8) is 0 Å². The van der Waals surface area contributed by atoms with Gasteiger partial charge in [-0.05, 0) is 48.4 Å². The average Bonchev–Trinajstić information content (AvgIpc) is 3.04. The molecule has 0 aliphatic heterocycles. The number of aryl methyl sites for hydroxylation is 2. The zero-order chi connectivity index (χ0) is 18.2. The number of urea groups is 1. The largest absolute Gasteiger partial charge is 0.455 e. The lowest BCUT2D eigenvalue weighted by Crippen LogP contribution is -2.42. The highest BCUT2D eigenvalue weighted by Crippen LogP contribution is 2.27. The van der Waals surface area contributed by atoms with Crippen molar-refractivity contribution in [2.75, 3.05) is 18.9 Å². The second-order valence-corrected chi connectivity index (χ2v) is 7.43. The van der Waals surface area contributed by atoms with E-state index >= 15 is 0 Å². The SMILES string of the molecule is CC(C)CNC(=O)NC(=O)COC(=O)CSc1ccc2c(c1)CCC2. The Bertz CT molecular complexity index is 646. The number of amides is 3. The smallest absolute Gasteiger partial charge is 0.321 e. The highest BCUT2D eigenvalue weighted by atomic mass is 32.2. The van der Waals surface area contributed by atoms with Crippen LogP contribution in [0.2, 0.25) is 0 Å². The number of hydrogen-bond donors (Lipinski definition) is 2. The topological polar surface area (TPSA) is 84.5 Å². The van der Waals surface area contributed by atoms with Crippen molar-refractivity contribution < 1.29 is 19.1 Å². The molecule has 1 aromatic rings. The molecule has 1 aliphatic carbocycles. The first-order valence-electron chi connectivity index (χ1n) is 8.42. The maximum atomic E-state index is 11.7. The summed E-state index contributed by atoms with van der Waals surface area (Å²) in [5, 5.41) is 4.67. The van der Waals surface area contributed by atoms with Crippen LogP contribution in [0.15, 0.2) is 23.1 Å². The summed E-state index contributed by atoms with van der Waals surface area (Å²) in [6.45, 7) is 3.90. The molecule has 2 N–H and O–H groups in total. The number of thioether (sulfide) groups is 1. The summed E-state index contributed by atoms with van der Waals surface area (Å²) in [6.07, 6.45) is 3.40. The lowest BCUT2D eigenvalue weighted by atomic mass is 10.1. The molecule has 25 heavy (non-hydrogen) atoms. The molecule has 0 unspecified atom stereocenters. The van der Waals surface area contributed by atoms with Gasteiger partial charge in [-0.25, -0.2) is 4.79 Å². The Labute approximate surface area is 152 Å². The number of carbonyl (C=O) groups is 3. The zero-order valence-corrected chi connectivity index (χ0v) is 15.4. The van der Waals surface area contributed by atoms with E-state index in [1.54, 1.807) is 0 Å². The molecule has 0 radical (unpaired) electrons. The Balaban J connectivity index is 1.65. The molecule has 0 fully saturated rings. The van der Waals surface area contributed by atoms with Crippen LogP contribution in [-0.4, -0.2) is 36.8 Å². The molecule has 2 rings (SSSR count). The van der Waals surface area contributed by atoms with Crippen molar-refractivity contribution in [3.8, 4) is 0 Å². The van der Waals surface area contributed by atoms with Crippen molar-refractivity contribution in [1.29, 1.82) is 0 Å². The van der Waals surface area contributed by atoms with E-state index in [2.05, 4.69) is 22.8 Å². The Morgan fingerprint density at radius 3 is 2.72 bits per heavy atom. The summed E-state index contributed by atoms with van der Waals surface area (Å²) in [6, 6.07) is 5.65. The molecular weight excluding hydrogens is 340 g/mol. The van der Waals surface area contributed by atoms with Gasteiger partial charge in [-0.15, -0.1) is 11.8 Å². The summed E-state index contributed by atoms with van der Waals surface area (Å²) < 4.78 is 4.89. The highest BCUT2D eigenvalue weighted by molar-refractivity contribution is 8.00. The first-order valence-corrected chi connectivity index (χ1v) is 9.40. The first kappa shape index (κ1) is 19.3. The minimum atomic E-state index is -0.642. The molecule has 3 amide bonds. The third-order valence-corrected chi connectivity index (χ3v) is 4.68. The van der Waals surface area contributed by atoms with Crippen molar-refractivity contribution in [2.45, 2.75) is 38.0 Å². The van der Waals surface area contributed by atoms with Gasteiger partial charge in [0.25, 0.3) is 5.91 Å². The van der Waals surface area contributed by atoms with Gasteiger partial charge in [0, 0.05) is 11.4 Å². The Morgan fingerprint density at radius 1 is 1.20 bits per heavy atom. The number of esters is 1. The molecule has 0 saturated carbocycles. The quantitative estimate of drug-likeness (QED) is 0.573. The van der Waals surface area contributed by atoms with Crippen molar-refractivity contribution in [1.82, 2.24) is 10.6 Å². The minimum Gasteiger partial charge on any atom is -0.455 e. The molecule has 7 heteroatoms. The summed E-state index contributed by atoms with van der Waals surface area (Å²) in [5.74, 6) is -0.707. The number of rotatable bonds is 7. The van der Waals surface area contributed by atoms with Crippen molar-refractivity contribution in [2.24, 2.45) is 5.92 Å². The molecule has 136 valence electrons. The van der Waals surface area contributed by atoms with Gasteiger partial charge < -0.3 is 10.1 Å². The van der Waals surface area contributed by atoms with Crippen LogP contribution in [0.4, 0.5) is 4.79 Å². The first-order chi connectivity index (χ1) is 11.9. The number of imide groups is 1. The summed E-state index contributed by atoms with van der Waals surface area (Å²) in [5.41, 5.74) is 2.74. The third kappa shape index (κ3) is 6.78. The number of carbonyl (C=O) groups excluding carboxylic acids is 3. The number of nitrogens with one attached hydrogen (secondary N) is 2. The lowest BCUT2D eigenvalue weighted by molar-refractivity contribution is -0.145. The summed E-state index contributed by atoms with van der Waals surface area (Å²) >= 11 is 1.39. The number of fused-ring (bicyclic) bond motifs is 1. The molecule has 0 atom stereocenters. The van der Waals surface area contributed by atoms with E-state index in [1.807, 2.05) is 19.9 Å². The minimum absolute atomic E-state index is 0.131. The maximum Gasteiger partial charge on any atom is 0.321 e. The predicted octanol–water partition coefficient (Wildman–Crippen LogP) is 2.29. The van der Waals surface area contributed by atoms with Crippen LogP contribution in [-0.2, 0) is 27.2 Å². The number of hydrogen-bond acceptors (Lipinski definition) is 5. The average molecular weight is 364 g/mol. The molecule has 0 aromatic heterocycles. The molecule has 1 aliphatic rings. The van der Waals surface area contributed by atoms with Crippen molar-refractivity contribution >= 4 is 29.7 Å². The van der Waals surface area contributed by atoms with E-state index in [0.29, 0.717) is 6.54 Å². The third-order valence-electron chi connectivity index (χ3n) is 3.71. The molecule has 0 bridgehead atoms. The molecule has 0 spiro atoms. The van der Waals surface area contributed by atoms with E-state index in [1.165, 1.54) is 29.3 Å². The Kier molecular flexibility index (Phi) is 7.31. The van der Waals surface area contributed by atoms with Gasteiger partial charge in [-0.3, -0.25) is 14.9 Å². The summed E-state index contributed by atoms with van der Waals surface area (Å²) in [4.78, 5) is 35.7. The predicted molar refractivity (Wildman–Crippen MR) is 96.5 cm³/mol. The van der Waals surface area contributed by atoms with E-state index in [-0.39, 0.29) is 11.7 Å². The highest BCUT2D eigenvalue weighted by Gasteiger charge is 2.13. The van der Waals surface area contributed by atoms with Crippen LogP contribution < -0.4 is 10.6 Å². The van der Waals surface area contributed by atoms with Gasteiger partial charge in [-0.2, -0.15) is 0 Å². The number of benzene rings is 1. The monoisotopic (exact) mass is 364 g/mol. The van der Waals surface area contributed by atoms with Crippen LogP contribution in [0.25, 0.3) is 0 Å².